The fourth-order valence-electron chi connectivity index (χ4n) is 2.74. The Bertz CT molecular complexity index is 564. The highest BCUT2D eigenvalue weighted by Crippen LogP contribution is 2.32. The number of benzene rings is 1. The molecule has 0 spiro atoms. The van der Waals surface area contributed by atoms with E-state index in [0.717, 1.165) is 31.4 Å². The summed E-state index contributed by atoms with van der Waals surface area (Å²) in [7, 11) is 0. The molecule has 0 bridgehead atoms. The summed E-state index contributed by atoms with van der Waals surface area (Å²) >= 11 is 0. The van der Waals surface area contributed by atoms with Crippen LogP contribution in [-0.4, -0.2) is 22.9 Å². The second-order valence-electron chi connectivity index (χ2n) is 5.54. The van der Waals surface area contributed by atoms with Crippen molar-refractivity contribution in [3.8, 4) is 0 Å². The minimum absolute atomic E-state index is 0.356. The van der Waals surface area contributed by atoms with Crippen LogP contribution >= 0.6 is 0 Å². The minimum Gasteiger partial charge on any atom is -0.423 e. The molecule has 1 aliphatic rings. The van der Waals surface area contributed by atoms with Gasteiger partial charge in [-0.3, -0.25) is 0 Å². The van der Waals surface area contributed by atoms with Gasteiger partial charge in [0, 0.05) is 13.0 Å². The van der Waals surface area contributed by atoms with E-state index < -0.39 is 0 Å². The lowest BCUT2D eigenvalue weighted by atomic mass is 9.80. The molecular formula is C16H21N3O2. The van der Waals surface area contributed by atoms with Crippen molar-refractivity contribution in [3.05, 3.63) is 47.7 Å². The van der Waals surface area contributed by atoms with Gasteiger partial charge in [-0.25, -0.2) is 0 Å². The van der Waals surface area contributed by atoms with Crippen LogP contribution in [0.1, 0.15) is 43.2 Å². The Labute approximate surface area is 124 Å². The van der Waals surface area contributed by atoms with E-state index in [1.54, 1.807) is 0 Å². The number of rotatable bonds is 6. The third kappa shape index (κ3) is 3.31. The van der Waals surface area contributed by atoms with Crippen LogP contribution in [0.4, 0.5) is 0 Å². The number of aromatic nitrogens is 2. The molecule has 21 heavy (non-hydrogen) atoms. The zero-order valence-corrected chi connectivity index (χ0v) is 12.2. The van der Waals surface area contributed by atoms with Gasteiger partial charge >= 0.3 is 0 Å². The van der Waals surface area contributed by atoms with Crippen LogP contribution in [0.3, 0.4) is 0 Å². The minimum atomic E-state index is -0.356. The van der Waals surface area contributed by atoms with E-state index in [1.165, 1.54) is 0 Å². The molecule has 1 aliphatic carbocycles. The zero-order chi connectivity index (χ0) is 14.7. The molecule has 5 heteroatoms. The molecule has 3 rings (SSSR count). The second-order valence-corrected chi connectivity index (χ2v) is 5.54. The third-order valence-corrected chi connectivity index (χ3v) is 3.97. The van der Waals surface area contributed by atoms with Gasteiger partial charge in [0.15, 0.2) is 0 Å². The maximum absolute atomic E-state index is 6.15. The smallest absolute Gasteiger partial charge is 0.237 e. The van der Waals surface area contributed by atoms with Gasteiger partial charge in [-0.05, 0) is 31.2 Å². The fourth-order valence-corrected chi connectivity index (χ4v) is 2.74. The number of hydrogen-bond acceptors (Lipinski definition) is 5. The molecule has 5 nitrogen and oxygen atoms in total. The van der Waals surface area contributed by atoms with Crippen molar-refractivity contribution in [1.82, 2.24) is 10.2 Å². The van der Waals surface area contributed by atoms with Crippen LogP contribution in [0, 0.1) is 5.92 Å². The van der Waals surface area contributed by atoms with Crippen molar-refractivity contribution in [2.24, 2.45) is 11.7 Å². The number of nitrogens with two attached hydrogens (primary N) is 1. The molecule has 112 valence electrons. The SMILES string of the molecule is CCOC1CC(Cc2nnc(C(N)c3ccccc3)o2)C1. The quantitative estimate of drug-likeness (QED) is 0.883. The van der Waals surface area contributed by atoms with E-state index in [-0.39, 0.29) is 6.04 Å². The Morgan fingerprint density at radius 1 is 1.29 bits per heavy atom. The molecule has 2 N–H and O–H groups in total. The Morgan fingerprint density at radius 3 is 2.76 bits per heavy atom. The summed E-state index contributed by atoms with van der Waals surface area (Å²) in [5.74, 6) is 1.75. The lowest BCUT2D eigenvalue weighted by molar-refractivity contribution is -0.0255. The number of ether oxygens (including phenoxy) is 1. The number of hydrogen-bond donors (Lipinski definition) is 1. The topological polar surface area (TPSA) is 74.2 Å². The first kappa shape index (κ1) is 14.2. The summed E-state index contributed by atoms with van der Waals surface area (Å²) in [6.45, 7) is 2.82. The van der Waals surface area contributed by atoms with Gasteiger partial charge in [0.25, 0.3) is 0 Å². The average molecular weight is 287 g/mol. The average Bonchev–Trinajstić information content (AvgIpc) is 2.94. The molecule has 2 aromatic rings. The van der Waals surface area contributed by atoms with Gasteiger partial charge < -0.3 is 14.9 Å². The predicted molar refractivity (Wildman–Crippen MR) is 78.6 cm³/mol. The molecule has 0 radical (unpaired) electrons. The van der Waals surface area contributed by atoms with Crippen molar-refractivity contribution < 1.29 is 9.15 Å². The molecule has 0 saturated heterocycles. The molecule has 1 atom stereocenters. The first-order valence-electron chi connectivity index (χ1n) is 7.50. The van der Waals surface area contributed by atoms with Crippen LogP contribution in [0.5, 0.6) is 0 Å². The van der Waals surface area contributed by atoms with Crippen LogP contribution in [0.15, 0.2) is 34.7 Å². The van der Waals surface area contributed by atoms with Gasteiger partial charge in [-0.2, -0.15) is 0 Å². The van der Waals surface area contributed by atoms with Gasteiger partial charge in [-0.1, -0.05) is 30.3 Å². The lowest BCUT2D eigenvalue weighted by Crippen LogP contribution is -2.32. The summed E-state index contributed by atoms with van der Waals surface area (Å²) in [4.78, 5) is 0. The molecule has 1 aromatic heterocycles. The second kappa shape index (κ2) is 6.37. The van der Waals surface area contributed by atoms with E-state index in [0.29, 0.717) is 23.8 Å². The zero-order valence-electron chi connectivity index (χ0n) is 12.2. The van der Waals surface area contributed by atoms with E-state index in [1.807, 2.05) is 37.3 Å². The normalized spacial score (nSPS) is 22.8. The molecule has 1 aromatic carbocycles. The van der Waals surface area contributed by atoms with Crippen molar-refractivity contribution in [1.29, 1.82) is 0 Å². The van der Waals surface area contributed by atoms with E-state index >= 15 is 0 Å². The van der Waals surface area contributed by atoms with Crippen LogP contribution in [0.2, 0.25) is 0 Å². The maximum atomic E-state index is 6.15. The van der Waals surface area contributed by atoms with E-state index in [4.69, 9.17) is 14.9 Å². The van der Waals surface area contributed by atoms with Crippen LogP contribution in [-0.2, 0) is 11.2 Å². The highest BCUT2D eigenvalue weighted by atomic mass is 16.5. The molecule has 0 amide bonds. The summed E-state index contributed by atoms with van der Waals surface area (Å²) < 4.78 is 11.3. The Hall–Kier alpha value is -1.72. The summed E-state index contributed by atoms with van der Waals surface area (Å²) in [5, 5.41) is 8.20. The van der Waals surface area contributed by atoms with Crippen LogP contribution in [0.25, 0.3) is 0 Å². The predicted octanol–water partition coefficient (Wildman–Crippen LogP) is 2.48. The monoisotopic (exact) mass is 287 g/mol. The van der Waals surface area contributed by atoms with Crippen molar-refractivity contribution in [2.45, 2.75) is 38.3 Å². The Balaban J connectivity index is 1.57. The molecule has 1 saturated carbocycles. The first-order chi connectivity index (χ1) is 10.3. The van der Waals surface area contributed by atoms with Crippen molar-refractivity contribution >= 4 is 0 Å². The lowest BCUT2D eigenvalue weighted by Gasteiger charge is -2.34. The molecule has 1 unspecified atom stereocenters. The van der Waals surface area contributed by atoms with E-state index in [2.05, 4.69) is 10.2 Å². The fraction of sp³-hybridized carbons (Fsp3) is 0.500. The van der Waals surface area contributed by atoms with Crippen molar-refractivity contribution in [2.75, 3.05) is 6.61 Å². The molecular weight excluding hydrogens is 266 g/mol. The standard InChI is InChI=1S/C16H21N3O2/c1-2-20-13-8-11(9-13)10-14-18-19-16(21-14)15(17)12-6-4-3-5-7-12/h3-7,11,13,15H,2,8-10,17H2,1H3. The maximum Gasteiger partial charge on any atom is 0.237 e. The molecule has 1 heterocycles. The molecule has 0 aliphatic heterocycles. The van der Waals surface area contributed by atoms with Crippen molar-refractivity contribution in [3.63, 3.8) is 0 Å². The van der Waals surface area contributed by atoms with Gasteiger partial charge in [0.2, 0.25) is 11.8 Å². The summed E-state index contributed by atoms with van der Waals surface area (Å²) in [6, 6.07) is 9.44. The molecule has 1 fully saturated rings. The Kier molecular flexibility index (Phi) is 4.31. The first-order valence-corrected chi connectivity index (χ1v) is 7.50. The van der Waals surface area contributed by atoms with Crippen LogP contribution < -0.4 is 5.73 Å². The largest absolute Gasteiger partial charge is 0.423 e. The highest BCUT2D eigenvalue weighted by molar-refractivity contribution is 5.22. The summed E-state index contributed by atoms with van der Waals surface area (Å²) in [5.41, 5.74) is 7.13. The third-order valence-electron chi connectivity index (χ3n) is 3.97. The highest BCUT2D eigenvalue weighted by Gasteiger charge is 2.31. The Morgan fingerprint density at radius 2 is 2.05 bits per heavy atom. The number of nitrogens with zero attached hydrogens (tertiary/aromatic N) is 2. The van der Waals surface area contributed by atoms with Gasteiger partial charge in [-0.15, -0.1) is 10.2 Å². The van der Waals surface area contributed by atoms with Gasteiger partial charge in [0.05, 0.1) is 6.10 Å². The van der Waals surface area contributed by atoms with Gasteiger partial charge in [0.1, 0.15) is 6.04 Å². The van der Waals surface area contributed by atoms with E-state index in [9.17, 15) is 0 Å². The summed E-state index contributed by atoms with van der Waals surface area (Å²) in [6.07, 6.45) is 3.39.